The lowest BCUT2D eigenvalue weighted by atomic mass is 10.1. The Kier molecular flexibility index (Phi) is 5.82. The maximum atomic E-state index is 12.1. The number of carbonyl (C=O) groups excluding carboxylic acids is 2. The van der Waals surface area contributed by atoms with E-state index >= 15 is 0 Å². The number of hydrogen-bond donors (Lipinski definition) is 2. The number of nitriles is 1. The second kappa shape index (κ2) is 8.64. The maximum absolute atomic E-state index is 12.1. The summed E-state index contributed by atoms with van der Waals surface area (Å²) >= 11 is 0. The van der Waals surface area contributed by atoms with Gasteiger partial charge in [0, 0.05) is 30.2 Å². The van der Waals surface area contributed by atoms with Gasteiger partial charge in [-0.05, 0) is 48.9 Å². The Morgan fingerprint density at radius 3 is 2.75 bits per heavy atom. The zero-order valence-corrected chi connectivity index (χ0v) is 15.3. The Balaban J connectivity index is 1.66. The van der Waals surface area contributed by atoms with E-state index in [0.717, 1.165) is 5.56 Å². The number of nitrogens with zero attached hydrogens (tertiary/aromatic N) is 3. The van der Waals surface area contributed by atoms with Crippen LogP contribution in [0.4, 0.5) is 11.4 Å². The van der Waals surface area contributed by atoms with Crippen molar-refractivity contribution in [3.63, 3.8) is 0 Å². The zero-order chi connectivity index (χ0) is 19.9. The molecule has 3 aromatic rings. The summed E-state index contributed by atoms with van der Waals surface area (Å²) < 4.78 is 1.55. The summed E-state index contributed by atoms with van der Waals surface area (Å²) in [5.41, 5.74) is 3.21. The van der Waals surface area contributed by atoms with Crippen molar-refractivity contribution < 1.29 is 9.59 Å². The van der Waals surface area contributed by atoms with E-state index in [1.807, 2.05) is 24.3 Å². The molecule has 0 bridgehead atoms. The largest absolute Gasteiger partial charge is 0.380 e. The number of amides is 1. The first-order valence-electron chi connectivity index (χ1n) is 8.70. The molecule has 7 heteroatoms. The molecule has 1 aromatic heterocycles. The topological polar surface area (TPSA) is 99.8 Å². The normalized spacial score (nSPS) is 10.1. The summed E-state index contributed by atoms with van der Waals surface area (Å²) in [5.74, 6) is -0.232. The highest BCUT2D eigenvalue weighted by molar-refractivity contribution is 5.95. The fourth-order valence-electron chi connectivity index (χ4n) is 2.70. The summed E-state index contributed by atoms with van der Waals surface area (Å²) in [5, 5.41) is 19.3. The molecule has 0 spiro atoms. The predicted octanol–water partition coefficient (Wildman–Crippen LogP) is 3.21. The highest BCUT2D eigenvalue weighted by Crippen LogP contribution is 2.19. The van der Waals surface area contributed by atoms with Gasteiger partial charge in [0.1, 0.15) is 12.6 Å². The van der Waals surface area contributed by atoms with E-state index in [1.54, 1.807) is 41.3 Å². The van der Waals surface area contributed by atoms with E-state index in [9.17, 15) is 14.9 Å². The number of rotatable bonds is 7. The number of anilines is 2. The Morgan fingerprint density at radius 1 is 1.18 bits per heavy atom. The van der Waals surface area contributed by atoms with E-state index in [4.69, 9.17) is 0 Å². The standard InChI is InChI=1S/C21H19N5O2/c1-15(27)17-6-7-18(12-22)20(11-17)23-13-16-4-2-5-19(10-16)25-21(28)14-26-9-3-8-24-26/h2-11,23H,13-14H2,1H3,(H,25,28). The lowest BCUT2D eigenvalue weighted by Gasteiger charge is -2.11. The predicted molar refractivity (Wildman–Crippen MR) is 106 cm³/mol. The van der Waals surface area contributed by atoms with Crippen LogP contribution in [0.3, 0.4) is 0 Å². The average Bonchev–Trinajstić information content (AvgIpc) is 3.19. The molecule has 0 saturated heterocycles. The van der Waals surface area contributed by atoms with Crippen LogP contribution in [0, 0.1) is 11.3 Å². The molecule has 28 heavy (non-hydrogen) atoms. The quantitative estimate of drug-likeness (QED) is 0.620. The number of benzene rings is 2. The van der Waals surface area contributed by atoms with Gasteiger partial charge in [0.05, 0.1) is 11.3 Å². The van der Waals surface area contributed by atoms with Crippen molar-refractivity contribution in [1.29, 1.82) is 5.26 Å². The van der Waals surface area contributed by atoms with Crippen LogP contribution in [0.1, 0.15) is 28.4 Å². The van der Waals surface area contributed by atoms with Gasteiger partial charge in [0.2, 0.25) is 5.91 Å². The number of hydrogen-bond acceptors (Lipinski definition) is 5. The van der Waals surface area contributed by atoms with E-state index in [0.29, 0.717) is 29.0 Å². The molecule has 140 valence electrons. The molecule has 7 nitrogen and oxygen atoms in total. The number of nitrogens with one attached hydrogen (secondary N) is 2. The van der Waals surface area contributed by atoms with Crippen LogP contribution in [0.25, 0.3) is 0 Å². The average molecular weight is 373 g/mol. The molecule has 0 fully saturated rings. The second-order valence-electron chi connectivity index (χ2n) is 6.23. The van der Waals surface area contributed by atoms with E-state index in [1.165, 1.54) is 6.92 Å². The van der Waals surface area contributed by atoms with Gasteiger partial charge in [0.25, 0.3) is 0 Å². The molecular weight excluding hydrogens is 354 g/mol. The number of Topliss-reactive ketones (excluding diaryl/α,β-unsaturated/α-hetero) is 1. The highest BCUT2D eigenvalue weighted by Gasteiger charge is 2.08. The minimum Gasteiger partial charge on any atom is -0.380 e. The van der Waals surface area contributed by atoms with Crippen LogP contribution in [-0.2, 0) is 17.9 Å². The monoisotopic (exact) mass is 373 g/mol. The first kappa shape index (κ1) is 18.9. The van der Waals surface area contributed by atoms with Crippen LogP contribution in [0.5, 0.6) is 0 Å². The molecule has 0 atom stereocenters. The lowest BCUT2D eigenvalue weighted by Crippen LogP contribution is -2.19. The molecule has 2 aromatic carbocycles. The SMILES string of the molecule is CC(=O)c1ccc(C#N)c(NCc2cccc(NC(=O)Cn3cccn3)c2)c1. The molecule has 1 amide bonds. The van der Waals surface area contributed by atoms with Crippen LogP contribution < -0.4 is 10.6 Å². The molecule has 0 unspecified atom stereocenters. The maximum Gasteiger partial charge on any atom is 0.246 e. The molecule has 0 aliphatic carbocycles. The smallest absolute Gasteiger partial charge is 0.246 e. The van der Waals surface area contributed by atoms with Gasteiger partial charge in [-0.15, -0.1) is 0 Å². The summed E-state index contributed by atoms with van der Waals surface area (Å²) in [6.07, 6.45) is 3.35. The molecule has 0 radical (unpaired) electrons. The van der Waals surface area contributed by atoms with Crippen LogP contribution >= 0.6 is 0 Å². The van der Waals surface area contributed by atoms with Crippen LogP contribution in [0.2, 0.25) is 0 Å². The minimum atomic E-state index is -0.172. The Hall–Kier alpha value is -3.92. The van der Waals surface area contributed by atoms with Gasteiger partial charge in [-0.2, -0.15) is 10.4 Å². The zero-order valence-electron chi connectivity index (χ0n) is 15.3. The lowest BCUT2D eigenvalue weighted by molar-refractivity contribution is -0.116. The van der Waals surface area contributed by atoms with Crippen molar-refractivity contribution in [3.05, 3.63) is 77.6 Å². The second-order valence-corrected chi connectivity index (χ2v) is 6.23. The highest BCUT2D eigenvalue weighted by atomic mass is 16.2. The van der Waals surface area contributed by atoms with Gasteiger partial charge in [-0.3, -0.25) is 14.3 Å². The first-order valence-corrected chi connectivity index (χ1v) is 8.70. The van der Waals surface area contributed by atoms with Gasteiger partial charge >= 0.3 is 0 Å². The van der Waals surface area contributed by atoms with Crippen molar-refractivity contribution in [1.82, 2.24) is 9.78 Å². The van der Waals surface area contributed by atoms with Crippen molar-refractivity contribution in [2.75, 3.05) is 10.6 Å². The molecule has 2 N–H and O–H groups in total. The summed E-state index contributed by atoms with van der Waals surface area (Å²) in [6, 6.07) is 16.2. The fourth-order valence-corrected chi connectivity index (χ4v) is 2.70. The summed E-state index contributed by atoms with van der Waals surface area (Å²) in [7, 11) is 0. The van der Waals surface area contributed by atoms with Gasteiger partial charge in [-0.1, -0.05) is 12.1 Å². The first-order chi connectivity index (χ1) is 13.5. The minimum absolute atomic E-state index is 0.0607. The fraction of sp³-hybridized carbons (Fsp3) is 0.143. The Bertz CT molecular complexity index is 1040. The van der Waals surface area contributed by atoms with Crippen LogP contribution in [-0.4, -0.2) is 21.5 Å². The number of carbonyl (C=O) groups is 2. The third kappa shape index (κ3) is 4.83. The van der Waals surface area contributed by atoms with Gasteiger partial charge < -0.3 is 10.6 Å². The summed E-state index contributed by atoms with van der Waals surface area (Å²) in [4.78, 5) is 23.7. The van der Waals surface area contributed by atoms with Crippen molar-refractivity contribution >= 4 is 23.1 Å². The van der Waals surface area contributed by atoms with E-state index in [-0.39, 0.29) is 18.2 Å². The number of ketones is 1. The van der Waals surface area contributed by atoms with Gasteiger partial charge in [-0.25, -0.2) is 0 Å². The summed E-state index contributed by atoms with van der Waals surface area (Å²) in [6.45, 7) is 2.07. The molecule has 0 aliphatic rings. The molecule has 3 rings (SSSR count). The molecule has 0 aliphatic heterocycles. The van der Waals surface area contributed by atoms with Crippen molar-refractivity contribution in [2.24, 2.45) is 0 Å². The van der Waals surface area contributed by atoms with Gasteiger partial charge in [0.15, 0.2) is 5.78 Å². The van der Waals surface area contributed by atoms with Crippen LogP contribution in [0.15, 0.2) is 60.9 Å². The third-order valence-corrected chi connectivity index (χ3v) is 4.11. The molecule has 1 heterocycles. The molecular formula is C21H19N5O2. The molecule has 0 saturated carbocycles. The third-order valence-electron chi connectivity index (χ3n) is 4.11. The Morgan fingerprint density at radius 2 is 2.04 bits per heavy atom. The number of aromatic nitrogens is 2. The van der Waals surface area contributed by atoms with Crippen molar-refractivity contribution in [3.8, 4) is 6.07 Å². The van der Waals surface area contributed by atoms with Crippen molar-refractivity contribution in [2.45, 2.75) is 20.0 Å². The van der Waals surface area contributed by atoms with E-state index in [2.05, 4.69) is 21.8 Å². The van der Waals surface area contributed by atoms with E-state index < -0.39 is 0 Å². The Labute approximate surface area is 162 Å².